The van der Waals surface area contributed by atoms with Gasteiger partial charge in [0.25, 0.3) is 0 Å². The molecule has 100 heavy (non-hydrogen) atoms. The van der Waals surface area contributed by atoms with Crippen molar-refractivity contribution in [3.8, 4) is 0 Å². The van der Waals surface area contributed by atoms with Gasteiger partial charge in [-0.1, -0.05) is 150 Å². The Morgan fingerprint density at radius 1 is 0.630 bits per heavy atom. The van der Waals surface area contributed by atoms with E-state index in [1.54, 1.807) is 84.9 Å². The first-order valence-electron chi connectivity index (χ1n) is 33.8. The average Bonchev–Trinajstić information content (AvgIpc) is 0.812. The largest absolute Gasteiger partial charge is 0.445 e. The van der Waals surface area contributed by atoms with Crippen molar-refractivity contribution >= 4 is 77.0 Å². The molecule has 1 aliphatic rings. The van der Waals surface area contributed by atoms with Crippen LogP contribution in [0, 0.1) is 28.6 Å². The molecule has 0 bridgehead atoms. The van der Waals surface area contributed by atoms with Crippen molar-refractivity contribution in [2.75, 3.05) is 26.2 Å². The number of carbonyl (C=O) groups is 12. The Labute approximate surface area is 585 Å². The highest BCUT2D eigenvalue weighted by Crippen LogP contribution is 2.25. The van der Waals surface area contributed by atoms with E-state index in [9.17, 15) is 58.5 Å². The number of carbonyl (C=O) groups excluding carboxylic acids is 12. The lowest BCUT2D eigenvalue weighted by molar-refractivity contribution is -0.139. The minimum atomic E-state index is -2.06. The van der Waals surface area contributed by atoms with Gasteiger partial charge in [-0.15, -0.1) is 0 Å². The van der Waals surface area contributed by atoms with Gasteiger partial charge in [-0.2, -0.15) is 0 Å². The van der Waals surface area contributed by atoms with Crippen LogP contribution in [0.25, 0.3) is 0 Å². The third-order valence-corrected chi connectivity index (χ3v) is 16.2. The first kappa shape index (κ1) is 85.2. The maximum Gasteiger partial charge on any atom is 0.407 e. The maximum absolute atomic E-state index is 15.6. The molecule has 21 N–H and O–H groups in total. The monoisotopic (exact) mass is 1410 g/mol. The summed E-state index contributed by atoms with van der Waals surface area (Å²) in [6.45, 7) is 19.3. The minimum absolute atomic E-state index is 0.0338. The van der Waals surface area contributed by atoms with Crippen LogP contribution in [0.3, 0.4) is 0 Å². The lowest BCUT2D eigenvalue weighted by Crippen LogP contribution is -2.65. The first-order valence-corrected chi connectivity index (χ1v) is 33.8. The fourth-order valence-electron chi connectivity index (χ4n) is 10.6. The molecule has 1 unspecified atom stereocenters. The number of amides is 12. The number of aliphatic hydroxyl groups is 3. The van der Waals surface area contributed by atoms with E-state index in [4.69, 9.17) is 21.9 Å². The molecule has 558 valence electrons. The van der Waals surface area contributed by atoms with Crippen molar-refractivity contribution in [2.24, 2.45) is 50.8 Å². The summed E-state index contributed by atoms with van der Waals surface area (Å²) in [7, 11) is 0. The number of ether oxygens (including phenoxy) is 1. The number of nitrogens with two attached hydrogens (primary N) is 3. The molecule has 1 saturated heterocycles. The molecular weight excluding hydrogens is 1300 g/mol. The van der Waals surface area contributed by atoms with E-state index in [1.807, 2.05) is 20.8 Å². The summed E-state index contributed by atoms with van der Waals surface area (Å²) in [4.78, 5) is 178. The van der Waals surface area contributed by atoms with Crippen LogP contribution in [0.1, 0.15) is 152 Å². The van der Waals surface area contributed by atoms with Gasteiger partial charge in [0, 0.05) is 13.1 Å². The standard InChI is InChI=1S/C68H110N16O16/c1-14-38(6)49-62(96)81-50(39(7)86)61(95)74-33-48(87)75-44(27-29-73-66(99)100-35-40-22-17-15-18-23-40)56(90)79-47(34-85)60(94)82-51(41-24-19-16-20-25-41)52(83-59(93)46(32-68(11,12)13)78-55(89)42(69)31-67(8,9)10)63(97)84-53(54(88)37(4)5)64(98)77-45(30-36(2)3)58(92)76-43(57(91)80-49)26-21-28-72-65(70)71/h15-20,22-25,36-39,42-47,49-54,85-86,88H,14,21,26-35,69H2,1-13H3,(H,73,99)(H,74,95)(H,75,87)(H,76,92)(H,77,98)(H,78,89)(H,79,90)(H,80,91)(H,81,96)(H,82,94)(H,83,93)(H,84,97)(H4,70,71,72)/t38-,39-,42+,43+,44-,45-,46-,47?,49-,50-,51+,52-,53-,54+/m0/s1. The molecule has 2 aromatic rings. The van der Waals surface area contributed by atoms with Crippen molar-refractivity contribution < 1.29 is 77.6 Å². The summed E-state index contributed by atoms with van der Waals surface area (Å²) in [5.41, 5.74) is 17.2. The summed E-state index contributed by atoms with van der Waals surface area (Å²) in [6, 6.07) is -2.14. The molecule has 3 rings (SSSR count). The van der Waals surface area contributed by atoms with E-state index in [0.717, 1.165) is 0 Å². The number of alkyl carbamates (subject to hydrolysis) is 1. The van der Waals surface area contributed by atoms with Crippen LogP contribution in [-0.2, 0) is 64.1 Å². The van der Waals surface area contributed by atoms with Gasteiger partial charge in [0.2, 0.25) is 65.0 Å². The second-order valence-corrected chi connectivity index (χ2v) is 28.5. The molecule has 14 atom stereocenters. The van der Waals surface area contributed by atoms with Gasteiger partial charge in [0.1, 0.15) is 61.0 Å². The zero-order chi connectivity index (χ0) is 75.4. The van der Waals surface area contributed by atoms with Gasteiger partial charge in [-0.3, -0.25) is 57.7 Å². The summed E-state index contributed by atoms with van der Waals surface area (Å²) < 4.78 is 5.31. The predicted octanol–water partition coefficient (Wildman–Crippen LogP) is -1.61. The molecule has 1 heterocycles. The molecule has 0 aromatic heterocycles. The third-order valence-electron chi connectivity index (χ3n) is 16.2. The Morgan fingerprint density at radius 2 is 1.16 bits per heavy atom. The van der Waals surface area contributed by atoms with Crippen LogP contribution in [0.4, 0.5) is 4.79 Å². The lowest BCUT2D eigenvalue weighted by atomic mass is 9.86. The second-order valence-electron chi connectivity index (χ2n) is 28.5. The van der Waals surface area contributed by atoms with Crippen molar-refractivity contribution in [1.29, 1.82) is 0 Å². The van der Waals surface area contributed by atoms with E-state index in [0.29, 0.717) is 5.56 Å². The predicted molar refractivity (Wildman–Crippen MR) is 372 cm³/mol. The number of guanidine groups is 1. The average molecular weight is 1410 g/mol. The van der Waals surface area contributed by atoms with E-state index >= 15 is 14.4 Å². The molecule has 0 radical (unpaired) electrons. The first-order chi connectivity index (χ1) is 46.7. The van der Waals surface area contributed by atoms with Gasteiger partial charge in [0.05, 0.1) is 37.4 Å². The van der Waals surface area contributed by atoms with Crippen molar-refractivity contribution in [3.63, 3.8) is 0 Å². The van der Waals surface area contributed by atoms with Crippen LogP contribution < -0.4 is 81.0 Å². The summed E-state index contributed by atoms with van der Waals surface area (Å²) >= 11 is 0. The highest BCUT2D eigenvalue weighted by molar-refractivity contribution is 6.00. The molecule has 0 saturated carbocycles. The SMILES string of the molecule is CC[C@H](C)[C@@H]1NC(=O)[C@@H](CCCN=C(N)N)NC(=O)[C@H](CC(C)C)NC(=O)[C@H]([C@H](O)C(C)C)NC(=O)[C@@H](NC(=O)[C@H](CC(C)(C)C)NC(=O)[C@H](N)CC(C)(C)C)[C@@H](c2ccccc2)NC(=O)C(CO)NC(=O)[C@H](CCNC(=O)OCc2ccccc2)NC(=O)CNC(=O)[C@H]([C@H](C)O)NC1=O. The Kier molecular flexibility index (Phi) is 34.9. The van der Waals surface area contributed by atoms with Crippen LogP contribution in [0.2, 0.25) is 0 Å². The van der Waals surface area contributed by atoms with Gasteiger partial charge in [-0.05, 0) is 85.2 Å². The fourth-order valence-corrected chi connectivity index (χ4v) is 10.6. The highest BCUT2D eigenvalue weighted by Gasteiger charge is 2.43. The van der Waals surface area contributed by atoms with Crippen LogP contribution in [0.15, 0.2) is 65.7 Å². The highest BCUT2D eigenvalue weighted by atomic mass is 16.5. The van der Waals surface area contributed by atoms with Gasteiger partial charge in [-0.25, -0.2) is 4.79 Å². The topological polar surface area (TPSA) is 510 Å². The number of hydrogen-bond donors (Lipinski definition) is 18. The van der Waals surface area contributed by atoms with Crippen molar-refractivity contribution in [1.82, 2.24) is 63.8 Å². The number of nitrogens with one attached hydrogen (secondary N) is 12. The fraction of sp³-hybridized carbons (Fsp3) is 0.632. The van der Waals surface area contributed by atoms with E-state index in [-0.39, 0.29) is 75.7 Å². The molecule has 1 fully saturated rings. The third kappa shape index (κ3) is 29.8. The van der Waals surface area contributed by atoms with Gasteiger partial charge >= 0.3 is 6.09 Å². The van der Waals surface area contributed by atoms with Crippen molar-refractivity contribution in [2.45, 2.75) is 220 Å². The smallest absolute Gasteiger partial charge is 0.407 e. The Morgan fingerprint density at radius 3 is 1.72 bits per heavy atom. The second kappa shape index (κ2) is 40.9. The minimum Gasteiger partial charge on any atom is -0.445 e. The van der Waals surface area contributed by atoms with E-state index < -0.39 is 192 Å². The Bertz CT molecular complexity index is 3090. The Balaban J connectivity index is 2.41. The molecule has 0 aliphatic carbocycles. The Hall–Kier alpha value is -9.01. The molecule has 12 amide bonds. The van der Waals surface area contributed by atoms with Crippen molar-refractivity contribution in [3.05, 3.63) is 71.8 Å². The summed E-state index contributed by atoms with van der Waals surface area (Å²) in [5, 5.41) is 64.5. The number of rotatable bonds is 24. The molecule has 32 nitrogen and oxygen atoms in total. The maximum atomic E-state index is 15.6. The van der Waals surface area contributed by atoms with Crippen LogP contribution >= 0.6 is 0 Å². The quantitative estimate of drug-likeness (QED) is 0.0319. The molecular formula is C68H110N16O16. The molecule has 2 aromatic carbocycles. The normalized spacial score (nSPS) is 23.2. The zero-order valence-electron chi connectivity index (χ0n) is 59.8. The number of aliphatic hydroxyl groups excluding tert-OH is 3. The van der Waals surface area contributed by atoms with E-state index in [1.165, 1.54) is 45.0 Å². The summed E-state index contributed by atoms with van der Waals surface area (Å²) in [5.74, 6) is -13.7. The number of hydrogen-bond acceptors (Lipinski definition) is 18. The number of nitrogens with zero attached hydrogens (tertiary/aromatic N) is 1. The van der Waals surface area contributed by atoms with E-state index in [2.05, 4.69) is 68.8 Å². The number of aliphatic imine (C=N–C) groups is 1. The van der Waals surface area contributed by atoms with Crippen LogP contribution in [-0.4, -0.2) is 191 Å². The molecule has 32 heteroatoms. The zero-order valence-corrected chi connectivity index (χ0v) is 59.8. The molecule has 0 spiro atoms. The number of benzene rings is 2. The lowest BCUT2D eigenvalue weighted by Gasteiger charge is -2.35. The summed E-state index contributed by atoms with van der Waals surface area (Å²) in [6.07, 6.45) is -4.65. The van der Waals surface area contributed by atoms with Crippen LogP contribution in [0.5, 0.6) is 0 Å². The molecule has 1 aliphatic heterocycles. The van der Waals surface area contributed by atoms with Gasteiger partial charge < -0.3 is 101 Å². The van der Waals surface area contributed by atoms with Gasteiger partial charge in [0.15, 0.2) is 5.96 Å².